The molecule has 0 amide bonds. The Bertz CT molecular complexity index is 629. The number of benzene rings is 1. The van der Waals surface area contributed by atoms with Gasteiger partial charge in [-0.15, -0.1) is 0 Å². The second kappa shape index (κ2) is 6.30. The van der Waals surface area contributed by atoms with Crippen LogP contribution >= 0.6 is 23.2 Å². The molecule has 0 radical (unpaired) electrons. The molecular weight excluding hydrogens is 325 g/mol. The number of aromatic carboxylic acids is 1. The van der Waals surface area contributed by atoms with Crippen LogP contribution < -0.4 is 4.72 Å². The first-order valence-corrected chi connectivity index (χ1v) is 8.05. The fraction of sp³-hybridized carbons (Fsp3) is 0.417. The Morgan fingerprint density at radius 1 is 1.25 bits per heavy atom. The van der Waals surface area contributed by atoms with E-state index in [0.29, 0.717) is 0 Å². The number of hydrogen-bond donors (Lipinski definition) is 2. The Balaban J connectivity index is 3.36. The average Bonchev–Trinajstić information content (AvgIpc) is 2.30. The van der Waals surface area contributed by atoms with Crippen molar-refractivity contribution in [2.45, 2.75) is 31.7 Å². The van der Waals surface area contributed by atoms with Gasteiger partial charge >= 0.3 is 5.97 Å². The summed E-state index contributed by atoms with van der Waals surface area (Å²) in [5.74, 6) is -1.27. The second-order valence-corrected chi connectivity index (χ2v) is 7.22. The van der Waals surface area contributed by atoms with E-state index in [2.05, 4.69) is 4.72 Å². The van der Waals surface area contributed by atoms with E-state index in [1.54, 1.807) is 6.92 Å². The van der Waals surface area contributed by atoms with Crippen LogP contribution in [0.25, 0.3) is 0 Å². The van der Waals surface area contributed by atoms with Gasteiger partial charge in [-0.25, -0.2) is 17.9 Å². The maximum Gasteiger partial charge on any atom is 0.337 e. The van der Waals surface area contributed by atoms with Crippen molar-refractivity contribution in [1.82, 2.24) is 4.72 Å². The largest absolute Gasteiger partial charge is 0.478 e. The summed E-state index contributed by atoms with van der Waals surface area (Å²) in [4.78, 5) is 10.7. The van der Waals surface area contributed by atoms with Gasteiger partial charge in [0.2, 0.25) is 10.0 Å². The summed E-state index contributed by atoms with van der Waals surface area (Å²) < 4.78 is 26.9. The topological polar surface area (TPSA) is 83.5 Å². The van der Waals surface area contributed by atoms with Crippen LogP contribution in [0.5, 0.6) is 0 Å². The van der Waals surface area contributed by atoms with E-state index >= 15 is 0 Å². The number of carboxylic acids is 1. The highest BCUT2D eigenvalue weighted by Gasteiger charge is 2.25. The Hall–Kier alpha value is -0.820. The van der Waals surface area contributed by atoms with Crippen LogP contribution in [-0.4, -0.2) is 25.5 Å². The SMILES string of the molecule is CC(C)C(C)NS(=O)(=O)c1cc(Cl)cc(C(=O)O)c1Cl. The van der Waals surface area contributed by atoms with Crippen LogP contribution in [0.3, 0.4) is 0 Å². The van der Waals surface area contributed by atoms with Crippen molar-refractivity contribution in [1.29, 1.82) is 0 Å². The molecule has 1 atom stereocenters. The van der Waals surface area contributed by atoms with Crippen molar-refractivity contribution in [3.05, 3.63) is 27.7 Å². The number of nitrogens with one attached hydrogen (secondary N) is 1. The predicted octanol–water partition coefficient (Wildman–Crippen LogP) is 3.01. The fourth-order valence-electron chi connectivity index (χ4n) is 1.36. The Kier molecular flexibility index (Phi) is 5.43. The van der Waals surface area contributed by atoms with Gasteiger partial charge in [0, 0.05) is 11.1 Å². The standard InChI is InChI=1S/C12H15Cl2NO4S/c1-6(2)7(3)15-20(18,19)10-5-8(13)4-9(11(10)14)12(16)17/h4-7,15H,1-3H3,(H,16,17). The Morgan fingerprint density at radius 3 is 2.25 bits per heavy atom. The summed E-state index contributed by atoms with van der Waals surface area (Å²) >= 11 is 11.6. The molecule has 0 spiro atoms. The average molecular weight is 340 g/mol. The third kappa shape index (κ3) is 3.85. The lowest BCUT2D eigenvalue weighted by molar-refractivity contribution is 0.0697. The minimum atomic E-state index is -3.94. The summed E-state index contributed by atoms with van der Waals surface area (Å²) in [5.41, 5.74) is -0.350. The molecule has 0 saturated heterocycles. The third-order valence-electron chi connectivity index (χ3n) is 2.86. The van der Waals surface area contributed by atoms with Gasteiger partial charge in [0.05, 0.1) is 10.6 Å². The highest BCUT2D eigenvalue weighted by atomic mass is 35.5. The minimum Gasteiger partial charge on any atom is -0.478 e. The van der Waals surface area contributed by atoms with E-state index in [-0.39, 0.29) is 32.5 Å². The third-order valence-corrected chi connectivity index (χ3v) is 5.19. The van der Waals surface area contributed by atoms with Gasteiger partial charge in [0.15, 0.2) is 0 Å². The molecule has 20 heavy (non-hydrogen) atoms. The number of rotatable bonds is 5. The first-order chi connectivity index (χ1) is 9.06. The van der Waals surface area contributed by atoms with Crippen molar-refractivity contribution in [2.24, 2.45) is 5.92 Å². The maximum absolute atomic E-state index is 12.2. The molecule has 0 heterocycles. The smallest absolute Gasteiger partial charge is 0.337 e. The molecular formula is C12H15Cl2NO4S. The zero-order chi connectivity index (χ0) is 15.7. The molecule has 0 aromatic heterocycles. The van der Waals surface area contributed by atoms with Crippen molar-refractivity contribution < 1.29 is 18.3 Å². The fourth-order valence-corrected chi connectivity index (χ4v) is 3.65. The van der Waals surface area contributed by atoms with Gasteiger partial charge in [-0.05, 0) is 25.0 Å². The van der Waals surface area contributed by atoms with E-state index in [1.165, 1.54) is 0 Å². The molecule has 2 N–H and O–H groups in total. The molecule has 8 heteroatoms. The van der Waals surface area contributed by atoms with Crippen LogP contribution in [-0.2, 0) is 10.0 Å². The zero-order valence-electron chi connectivity index (χ0n) is 11.1. The number of hydrogen-bond acceptors (Lipinski definition) is 3. The van der Waals surface area contributed by atoms with Crippen molar-refractivity contribution in [2.75, 3.05) is 0 Å². The van der Waals surface area contributed by atoms with Crippen LogP contribution in [0.15, 0.2) is 17.0 Å². The molecule has 1 rings (SSSR count). The van der Waals surface area contributed by atoms with E-state index in [4.69, 9.17) is 28.3 Å². The molecule has 1 aromatic rings. The monoisotopic (exact) mass is 339 g/mol. The van der Waals surface area contributed by atoms with Crippen molar-refractivity contribution in [3.63, 3.8) is 0 Å². The number of sulfonamides is 1. The van der Waals surface area contributed by atoms with E-state index in [9.17, 15) is 13.2 Å². The van der Waals surface area contributed by atoms with Gasteiger partial charge < -0.3 is 5.11 Å². The summed E-state index contributed by atoms with van der Waals surface area (Å²) in [5, 5.41) is 8.63. The lowest BCUT2D eigenvalue weighted by Gasteiger charge is -2.18. The van der Waals surface area contributed by atoms with Gasteiger partial charge in [-0.1, -0.05) is 37.0 Å². The quantitative estimate of drug-likeness (QED) is 0.863. The minimum absolute atomic E-state index is 0.00984. The van der Waals surface area contributed by atoms with Gasteiger partial charge in [0.25, 0.3) is 0 Å². The molecule has 1 unspecified atom stereocenters. The van der Waals surface area contributed by atoms with Crippen molar-refractivity contribution >= 4 is 39.2 Å². The molecule has 5 nitrogen and oxygen atoms in total. The predicted molar refractivity (Wildman–Crippen MR) is 78.0 cm³/mol. The van der Waals surface area contributed by atoms with Gasteiger partial charge in [0.1, 0.15) is 4.90 Å². The van der Waals surface area contributed by atoms with Crippen LogP contribution in [0, 0.1) is 5.92 Å². The molecule has 1 aromatic carbocycles. The van der Waals surface area contributed by atoms with Gasteiger partial charge in [-0.2, -0.15) is 0 Å². The first-order valence-electron chi connectivity index (χ1n) is 5.81. The summed E-state index contributed by atoms with van der Waals surface area (Å²) in [6, 6.07) is 1.91. The molecule has 0 saturated carbocycles. The normalized spacial score (nSPS) is 13.5. The Morgan fingerprint density at radius 2 is 1.80 bits per heavy atom. The van der Waals surface area contributed by atoms with Crippen LogP contribution in [0.2, 0.25) is 10.0 Å². The Labute approximate surface area is 127 Å². The first kappa shape index (κ1) is 17.2. The molecule has 0 fully saturated rings. The summed E-state index contributed by atoms with van der Waals surface area (Å²) in [6.45, 7) is 5.42. The highest BCUT2D eigenvalue weighted by molar-refractivity contribution is 7.89. The van der Waals surface area contributed by atoms with Crippen LogP contribution in [0.1, 0.15) is 31.1 Å². The summed E-state index contributed by atoms with van der Waals surface area (Å²) in [7, 11) is -3.94. The molecule has 0 aliphatic heterocycles. The second-order valence-electron chi connectivity index (χ2n) is 4.72. The number of carboxylic acid groups (broad SMARTS) is 1. The lowest BCUT2D eigenvalue weighted by atomic mass is 10.1. The van der Waals surface area contributed by atoms with Crippen LogP contribution in [0.4, 0.5) is 0 Å². The number of halogens is 2. The molecule has 0 aliphatic carbocycles. The van der Waals surface area contributed by atoms with E-state index in [1.807, 2.05) is 13.8 Å². The van der Waals surface area contributed by atoms with E-state index in [0.717, 1.165) is 12.1 Å². The van der Waals surface area contributed by atoms with Crippen molar-refractivity contribution in [3.8, 4) is 0 Å². The lowest BCUT2D eigenvalue weighted by Crippen LogP contribution is -2.36. The highest BCUT2D eigenvalue weighted by Crippen LogP contribution is 2.29. The zero-order valence-corrected chi connectivity index (χ0v) is 13.5. The molecule has 112 valence electrons. The molecule has 0 aliphatic rings. The maximum atomic E-state index is 12.2. The van der Waals surface area contributed by atoms with E-state index < -0.39 is 16.0 Å². The molecule has 0 bridgehead atoms. The summed E-state index contributed by atoms with van der Waals surface area (Å²) in [6.07, 6.45) is 0. The number of carbonyl (C=O) groups is 1. The van der Waals surface area contributed by atoms with Gasteiger partial charge in [-0.3, -0.25) is 0 Å².